The average Bonchev–Trinajstić information content (AvgIpc) is 2.34. The third kappa shape index (κ3) is 2.86. The van der Waals surface area contributed by atoms with Crippen molar-refractivity contribution in [3.8, 4) is 0 Å². The molecule has 0 aromatic heterocycles. The Bertz CT molecular complexity index is 523. The van der Waals surface area contributed by atoms with Crippen molar-refractivity contribution in [1.29, 1.82) is 0 Å². The second-order valence-electron chi connectivity index (χ2n) is 3.54. The number of aliphatic hydroxyl groups excluding tert-OH is 1. The van der Waals surface area contributed by atoms with E-state index in [1.165, 1.54) is 6.92 Å². The molecule has 0 unspecified atom stereocenters. The van der Waals surface area contributed by atoms with E-state index < -0.39 is 46.1 Å². The first-order valence-electron chi connectivity index (χ1n) is 5.21. The average molecular weight is 278 g/mol. The van der Waals surface area contributed by atoms with Crippen molar-refractivity contribution < 1.29 is 32.2 Å². The molecule has 0 atom stereocenters. The molecule has 7 heteroatoms. The van der Waals surface area contributed by atoms with Crippen molar-refractivity contribution >= 4 is 11.7 Å². The monoisotopic (exact) mass is 278 g/mol. The highest BCUT2D eigenvalue weighted by molar-refractivity contribution is 5.89. The van der Waals surface area contributed by atoms with Crippen LogP contribution in [0, 0.1) is 30.2 Å². The number of carbonyl (C=O) groups excluding carboxylic acids is 1. The zero-order chi connectivity index (χ0) is 14.7. The second-order valence-corrected chi connectivity index (χ2v) is 3.54. The van der Waals surface area contributed by atoms with E-state index in [1.807, 2.05) is 0 Å². The van der Waals surface area contributed by atoms with Gasteiger partial charge in [0, 0.05) is 5.56 Å². The van der Waals surface area contributed by atoms with E-state index in [-0.39, 0.29) is 6.61 Å². The molecule has 19 heavy (non-hydrogen) atoms. The highest BCUT2D eigenvalue weighted by atomic mass is 19.2. The number of rotatable bonds is 3. The van der Waals surface area contributed by atoms with E-state index in [2.05, 4.69) is 4.74 Å². The normalized spacial score (nSPS) is 11.6. The Morgan fingerprint density at radius 2 is 1.68 bits per heavy atom. The molecule has 104 valence electrons. The third-order valence-corrected chi connectivity index (χ3v) is 2.30. The van der Waals surface area contributed by atoms with Crippen molar-refractivity contribution in [2.75, 3.05) is 6.61 Å². The Morgan fingerprint density at radius 3 is 2.21 bits per heavy atom. The minimum Gasteiger partial charge on any atom is -0.507 e. The fourth-order valence-corrected chi connectivity index (χ4v) is 1.41. The second kappa shape index (κ2) is 5.73. The van der Waals surface area contributed by atoms with Crippen LogP contribution in [0.15, 0.2) is 6.08 Å². The minimum atomic E-state index is -2.07. The van der Waals surface area contributed by atoms with E-state index in [1.54, 1.807) is 0 Å². The van der Waals surface area contributed by atoms with Crippen molar-refractivity contribution in [3.63, 3.8) is 0 Å². The van der Waals surface area contributed by atoms with Gasteiger partial charge in [0.05, 0.1) is 18.2 Å². The lowest BCUT2D eigenvalue weighted by atomic mass is 10.0. The summed E-state index contributed by atoms with van der Waals surface area (Å²) in [4.78, 5) is 11.0. The molecule has 0 bridgehead atoms. The first-order chi connectivity index (χ1) is 8.81. The zero-order valence-corrected chi connectivity index (χ0v) is 10.1. The molecule has 0 aliphatic carbocycles. The van der Waals surface area contributed by atoms with Crippen molar-refractivity contribution in [1.82, 2.24) is 0 Å². The van der Waals surface area contributed by atoms with Crippen LogP contribution in [0.1, 0.15) is 18.1 Å². The molecule has 0 saturated carbocycles. The first-order valence-corrected chi connectivity index (χ1v) is 5.21. The maximum atomic E-state index is 13.5. The van der Waals surface area contributed by atoms with Gasteiger partial charge in [-0.2, -0.15) is 0 Å². The molecule has 0 heterocycles. The smallest absolute Gasteiger partial charge is 0.334 e. The van der Waals surface area contributed by atoms with Crippen LogP contribution < -0.4 is 0 Å². The summed E-state index contributed by atoms with van der Waals surface area (Å²) in [7, 11) is 0. The number of carbonyl (C=O) groups is 1. The number of benzene rings is 1. The van der Waals surface area contributed by atoms with Gasteiger partial charge in [-0.3, -0.25) is 0 Å². The lowest BCUT2D eigenvalue weighted by Gasteiger charge is -2.09. The van der Waals surface area contributed by atoms with Gasteiger partial charge in [0.25, 0.3) is 0 Å². The van der Waals surface area contributed by atoms with E-state index >= 15 is 0 Å². The Kier molecular flexibility index (Phi) is 4.52. The lowest BCUT2D eigenvalue weighted by Crippen LogP contribution is -2.07. The summed E-state index contributed by atoms with van der Waals surface area (Å²) in [6.07, 6.45) is 0.450. The number of hydrogen-bond donors (Lipinski definition) is 1. The molecular formula is C12H10F4O3. The van der Waals surface area contributed by atoms with Gasteiger partial charge >= 0.3 is 5.97 Å². The van der Waals surface area contributed by atoms with E-state index in [4.69, 9.17) is 0 Å². The molecule has 0 saturated heterocycles. The molecule has 1 aromatic rings. The van der Waals surface area contributed by atoms with E-state index in [9.17, 15) is 27.5 Å². The highest BCUT2D eigenvalue weighted by Crippen LogP contribution is 2.27. The summed E-state index contributed by atoms with van der Waals surface area (Å²) in [6.45, 7) is 2.42. The lowest BCUT2D eigenvalue weighted by molar-refractivity contribution is -0.137. The SMILES string of the molecule is CCOC(=O)/C=C(\O)c1c(C)c(F)c(F)c(F)c1F. The van der Waals surface area contributed by atoms with Gasteiger partial charge in [-0.25, -0.2) is 22.4 Å². The Morgan fingerprint density at radius 1 is 1.16 bits per heavy atom. The van der Waals surface area contributed by atoms with E-state index in [0.717, 1.165) is 6.92 Å². The van der Waals surface area contributed by atoms with Crippen LogP contribution in [-0.2, 0) is 9.53 Å². The maximum Gasteiger partial charge on any atom is 0.334 e. The van der Waals surface area contributed by atoms with Crippen LogP contribution in [-0.4, -0.2) is 17.7 Å². The summed E-state index contributed by atoms with van der Waals surface area (Å²) in [5.41, 5.74) is -1.58. The standard InChI is InChI=1S/C12H10F4O3/c1-3-19-7(18)4-6(17)8-5(2)9(13)11(15)12(16)10(8)14/h4,17H,3H2,1-2H3/b6-4-. The Hall–Kier alpha value is -2.05. The minimum absolute atomic E-state index is 0.00375. The van der Waals surface area contributed by atoms with Gasteiger partial charge in [-0.1, -0.05) is 0 Å². The predicted molar refractivity (Wildman–Crippen MR) is 58.2 cm³/mol. The molecule has 1 aromatic carbocycles. The maximum absolute atomic E-state index is 13.5. The van der Waals surface area contributed by atoms with Crippen LogP contribution >= 0.6 is 0 Å². The molecule has 0 fully saturated rings. The molecule has 1 rings (SSSR count). The van der Waals surface area contributed by atoms with Crippen LogP contribution in [0.5, 0.6) is 0 Å². The zero-order valence-electron chi connectivity index (χ0n) is 10.1. The predicted octanol–water partition coefficient (Wildman–Crippen LogP) is 3.01. The van der Waals surface area contributed by atoms with Gasteiger partial charge in [-0.15, -0.1) is 0 Å². The van der Waals surface area contributed by atoms with Crippen LogP contribution in [0.4, 0.5) is 17.6 Å². The van der Waals surface area contributed by atoms with Crippen LogP contribution in [0.3, 0.4) is 0 Å². The Balaban J connectivity index is 3.39. The topological polar surface area (TPSA) is 46.5 Å². The molecular weight excluding hydrogens is 268 g/mol. The van der Waals surface area contributed by atoms with Gasteiger partial charge in [0.15, 0.2) is 23.3 Å². The molecule has 0 aliphatic rings. The summed E-state index contributed by atoms with van der Waals surface area (Å²) >= 11 is 0. The fourth-order valence-electron chi connectivity index (χ4n) is 1.41. The van der Waals surface area contributed by atoms with Gasteiger partial charge in [0.1, 0.15) is 5.76 Å². The van der Waals surface area contributed by atoms with Gasteiger partial charge in [0.2, 0.25) is 0 Å². The molecule has 0 aliphatic heterocycles. The van der Waals surface area contributed by atoms with Crippen molar-refractivity contribution in [2.24, 2.45) is 0 Å². The van der Waals surface area contributed by atoms with Gasteiger partial charge in [-0.05, 0) is 13.8 Å². The molecule has 1 N–H and O–H groups in total. The molecule has 3 nitrogen and oxygen atoms in total. The number of halogens is 4. The Labute approximate surface area is 106 Å². The number of aliphatic hydroxyl groups is 1. The number of hydrogen-bond acceptors (Lipinski definition) is 3. The van der Waals surface area contributed by atoms with E-state index in [0.29, 0.717) is 6.08 Å². The summed E-state index contributed by atoms with van der Waals surface area (Å²) in [6, 6.07) is 0. The fraction of sp³-hybridized carbons (Fsp3) is 0.250. The third-order valence-electron chi connectivity index (χ3n) is 2.30. The summed E-state index contributed by atoms with van der Waals surface area (Å²) in [5, 5.41) is 9.48. The molecule has 0 spiro atoms. The quantitative estimate of drug-likeness (QED) is 0.231. The first kappa shape index (κ1) is 15.0. The van der Waals surface area contributed by atoms with Crippen molar-refractivity contribution in [3.05, 3.63) is 40.5 Å². The molecule has 0 amide bonds. The van der Waals surface area contributed by atoms with Gasteiger partial charge < -0.3 is 9.84 Å². The number of ether oxygens (including phenoxy) is 1. The van der Waals surface area contributed by atoms with Crippen LogP contribution in [0.25, 0.3) is 5.76 Å². The number of esters is 1. The molecule has 0 radical (unpaired) electrons. The van der Waals surface area contributed by atoms with Crippen LogP contribution in [0.2, 0.25) is 0 Å². The summed E-state index contributed by atoms with van der Waals surface area (Å²) in [5.74, 6) is -9.55. The summed E-state index contributed by atoms with van der Waals surface area (Å²) < 4.78 is 57.1. The van der Waals surface area contributed by atoms with Crippen molar-refractivity contribution in [2.45, 2.75) is 13.8 Å². The largest absolute Gasteiger partial charge is 0.507 e. The highest BCUT2D eigenvalue weighted by Gasteiger charge is 2.25.